The van der Waals surface area contributed by atoms with Crippen LogP contribution in [0.15, 0.2) is 6.20 Å². The van der Waals surface area contributed by atoms with E-state index in [1.807, 2.05) is 0 Å². The average Bonchev–Trinajstić information content (AvgIpc) is 3.01. The smallest absolute Gasteiger partial charge is 0.316 e. The van der Waals surface area contributed by atoms with E-state index in [2.05, 4.69) is 15.2 Å². The molecule has 0 aromatic carbocycles. The number of likely N-dealkylation sites (tertiary alicyclic amines) is 1. The third-order valence-corrected chi connectivity index (χ3v) is 5.07. The van der Waals surface area contributed by atoms with Crippen LogP contribution >= 0.6 is 23.7 Å². The van der Waals surface area contributed by atoms with E-state index < -0.39 is 11.1 Å². The molecule has 0 amide bonds. The van der Waals surface area contributed by atoms with Gasteiger partial charge in [-0.3, -0.25) is 4.90 Å². The second kappa shape index (κ2) is 5.79. The minimum absolute atomic E-state index is 0. The maximum Gasteiger partial charge on any atom is 0.427 e. The first kappa shape index (κ1) is 16.0. The molecular formula is C12H17ClF3N3S. The summed E-state index contributed by atoms with van der Waals surface area (Å²) in [6.45, 7) is 4.57. The van der Waals surface area contributed by atoms with E-state index in [0.29, 0.717) is 17.0 Å². The summed E-state index contributed by atoms with van der Waals surface area (Å²) in [4.78, 5) is 5.53. The van der Waals surface area contributed by atoms with E-state index in [0.717, 1.165) is 50.1 Å². The summed E-state index contributed by atoms with van der Waals surface area (Å²) in [7, 11) is 0. The molecular weight excluding hydrogens is 311 g/mol. The molecule has 1 aromatic heterocycles. The molecule has 1 spiro atoms. The highest BCUT2D eigenvalue weighted by molar-refractivity contribution is 7.11. The van der Waals surface area contributed by atoms with Crippen LogP contribution in [0.5, 0.6) is 0 Å². The van der Waals surface area contributed by atoms with Crippen LogP contribution < -0.4 is 5.32 Å². The lowest BCUT2D eigenvalue weighted by Crippen LogP contribution is -2.28. The summed E-state index contributed by atoms with van der Waals surface area (Å²) in [5.41, 5.74) is 0.351. The number of nitrogens with one attached hydrogen (secondary N) is 1. The zero-order valence-corrected chi connectivity index (χ0v) is 12.5. The lowest BCUT2D eigenvalue weighted by molar-refractivity contribution is -0.134. The normalized spacial score (nSPS) is 27.1. The molecule has 1 N–H and O–H groups in total. The number of alkyl halides is 3. The maximum atomic E-state index is 12.5. The largest absolute Gasteiger partial charge is 0.427 e. The van der Waals surface area contributed by atoms with Crippen molar-refractivity contribution in [2.45, 2.75) is 25.6 Å². The van der Waals surface area contributed by atoms with Gasteiger partial charge >= 0.3 is 6.18 Å². The van der Waals surface area contributed by atoms with Gasteiger partial charge in [0.2, 0.25) is 0 Å². The van der Waals surface area contributed by atoms with Gasteiger partial charge in [0, 0.05) is 13.1 Å². The quantitative estimate of drug-likeness (QED) is 0.905. The highest BCUT2D eigenvalue weighted by Crippen LogP contribution is 2.38. The first-order valence-electron chi connectivity index (χ1n) is 6.42. The van der Waals surface area contributed by atoms with Crippen LogP contribution in [-0.2, 0) is 12.7 Å². The number of thiazole rings is 1. The number of aromatic nitrogens is 1. The Morgan fingerprint density at radius 2 is 2.20 bits per heavy atom. The van der Waals surface area contributed by atoms with Gasteiger partial charge in [-0.2, -0.15) is 13.2 Å². The molecule has 20 heavy (non-hydrogen) atoms. The summed E-state index contributed by atoms with van der Waals surface area (Å²) in [6, 6.07) is 0. The van der Waals surface area contributed by atoms with Crippen LogP contribution in [0.3, 0.4) is 0 Å². The maximum absolute atomic E-state index is 12.5. The summed E-state index contributed by atoms with van der Waals surface area (Å²) in [5, 5.41) is 3.94. The monoisotopic (exact) mass is 327 g/mol. The molecule has 2 fully saturated rings. The minimum atomic E-state index is -4.27. The highest BCUT2D eigenvalue weighted by Gasteiger charge is 2.40. The third-order valence-electron chi connectivity index (χ3n) is 4.04. The van der Waals surface area contributed by atoms with Crippen LogP contribution in [0.2, 0.25) is 0 Å². The van der Waals surface area contributed by atoms with Crippen LogP contribution in [0.25, 0.3) is 0 Å². The molecule has 3 nitrogen and oxygen atoms in total. The first-order valence-corrected chi connectivity index (χ1v) is 7.24. The number of rotatable bonds is 2. The van der Waals surface area contributed by atoms with Gasteiger partial charge in [-0.15, -0.1) is 23.7 Å². The van der Waals surface area contributed by atoms with Crippen molar-refractivity contribution in [3.05, 3.63) is 16.1 Å². The Balaban J connectivity index is 0.00000147. The zero-order valence-electron chi connectivity index (χ0n) is 10.9. The minimum Gasteiger partial charge on any atom is -0.316 e. The van der Waals surface area contributed by atoms with E-state index >= 15 is 0 Å². The summed E-state index contributed by atoms with van der Waals surface area (Å²) >= 11 is 0.764. The van der Waals surface area contributed by atoms with Crippen molar-refractivity contribution in [1.29, 1.82) is 0 Å². The van der Waals surface area contributed by atoms with Crippen LogP contribution in [0, 0.1) is 5.41 Å². The molecule has 1 unspecified atom stereocenters. The Kier molecular flexibility index (Phi) is 4.63. The van der Waals surface area contributed by atoms with Crippen molar-refractivity contribution in [3.63, 3.8) is 0 Å². The topological polar surface area (TPSA) is 28.2 Å². The summed E-state index contributed by atoms with van der Waals surface area (Å²) in [6.07, 6.45) is -1.01. The van der Waals surface area contributed by atoms with Crippen molar-refractivity contribution in [2.75, 3.05) is 26.2 Å². The molecule has 0 radical (unpaired) electrons. The van der Waals surface area contributed by atoms with Gasteiger partial charge in [0.05, 0.1) is 12.7 Å². The van der Waals surface area contributed by atoms with Crippen LogP contribution in [0.4, 0.5) is 13.2 Å². The van der Waals surface area contributed by atoms with Crippen LogP contribution in [0.1, 0.15) is 22.7 Å². The van der Waals surface area contributed by atoms with E-state index in [1.165, 1.54) is 6.42 Å². The van der Waals surface area contributed by atoms with Crippen LogP contribution in [-0.4, -0.2) is 36.1 Å². The van der Waals surface area contributed by atoms with E-state index in [-0.39, 0.29) is 12.4 Å². The van der Waals surface area contributed by atoms with Gasteiger partial charge < -0.3 is 5.32 Å². The van der Waals surface area contributed by atoms with Gasteiger partial charge in [-0.1, -0.05) is 0 Å². The molecule has 2 saturated heterocycles. The number of halogens is 4. The van der Waals surface area contributed by atoms with Gasteiger partial charge in [0.1, 0.15) is 9.88 Å². The predicted octanol–water partition coefficient (Wildman–Crippen LogP) is 2.77. The van der Waals surface area contributed by atoms with Gasteiger partial charge in [0.15, 0.2) is 0 Å². The lowest BCUT2D eigenvalue weighted by Gasteiger charge is -2.22. The first-order chi connectivity index (χ1) is 8.97. The second-order valence-electron chi connectivity index (χ2n) is 5.50. The fourth-order valence-electron chi connectivity index (χ4n) is 3.01. The lowest BCUT2D eigenvalue weighted by atomic mass is 9.87. The Hall–Kier alpha value is -0.370. The Labute approximate surface area is 126 Å². The van der Waals surface area contributed by atoms with E-state index in [4.69, 9.17) is 0 Å². The van der Waals surface area contributed by atoms with Gasteiger partial charge in [-0.05, 0) is 31.3 Å². The van der Waals surface area contributed by atoms with E-state index in [9.17, 15) is 13.2 Å². The highest BCUT2D eigenvalue weighted by atomic mass is 35.5. The Bertz CT molecular complexity index is 457. The van der Waals surface area contributed by atoms with Crippen molar-refractivity contribution >= 4 is 23.7 Å². The molecule has 0 saturated carbocycles. The van der Waals surface area contributed by atoms with Crippen molar-refractivity contribution in [1.82, 2.24) is 15.2 Å². The zero-order chi connectivity index (χ0) is 13.5. The molecule has 0 bridgehead atoms. The molecule has 114 valence electrons. The predicted molar refractivity (Wildman–Crippen MR) is 74.2 cm³/mol. The molecule has 8 heteroatoms. The molecule has 1 aromatic rings. The molecule has 3 rings (SSSR count). The van der Waals surface area contributed by atoms with Crippen molar-refractivity contribution < 1.29 is 13.2 Å². The summed E-state index contributed by atoms with van der Waals surface area (Å²) < 4.78 is 37.5. The average molecular weight is 328 g/mol. The standard InChI is InChI=1S/C12H16F3N3S.ClH/c13-12(14,15)9-5-17-10(19-9)6-18-4-2-11(8-18)1-3-16-7-11;/h5,16H,1-4,6-8H2;1H. The second-order valence-corrected chi connectivity index (χ2v) is 6.62. The number of nitrogens with zero attached hydrogens (tertiary/aromatic N) is 2. The Morgan fingerprint density at radius 3 is 2.80 bits per heavy atom. The van der Waals surface area contributed by atoms with E-state index in [1.54, 1.807) is 0 Å². The number of hydrogen-bond donors (Lipinski definition) is 1. The van der Waals surface area contributed by atoms with Gasteiger partial charge in [0.25, 0.3) is 0 Å². The Morgan fingerprint density at radius 1 is 1.40 bits per heavy atom. The molecule has 3 heterocycles. The van der Waals surface area contributed by atoms with Crippen molar-refractivity contribution in [3.8, 4) is 0 Å². The van der Waals surface area contributed by atoms with Gasteiger partial charge in [-0.25, -0.2) is 4.98 Å². The fraction of sp³-hybridized carbons (Fsp3) is 0.750. The number of hydrogen-bond acceptors (Lipinski definition) is 4. The molecule has 2 aliphatic heterocycles. The fourth-order valence-corrected chi connectivity index (χ4v) is 3.84. The molecule has 0 aliphatic carbocycles. The van der Waals surface area contributed by atoms with Crippen molar-refractivity contribution in [2.24, 2.45) is 5.41 Å². The molecule has 2 aliphatic rings. The third kappa shape index (κ3) is 3.27. The SMILES string of the molecule is Cl.FC(F)(F)c1cnc(CN2CCC3(CCNC3)C2)s1. The molecule has 1 atom stereocenters. The summed E-state index contributed by atoms with van der Waals surface area (Å²) in [5.74, 6) is 0.